The van der Waals surface area contributed by atoms with Gasteiger partial charge in [-0.15, -0.1) is 0 Å². The normalized spacial score (nSPS) is 14.4. The molecule has 0 bridgehead atoms. The Labute approximate surface area is 159 Å². The number of aryl methyl sites for hydroxylation is 2. The quantitative estimate of drug-likeness (QED) is 0.356. The first-order chi connectivity index (χ1) is 13.0. The van der Waals surface area contributed by atoms with Crippen molar-refractivity contribution in [2.45, 2.75) is 20.8 Å². The SMILES string of the molecule is Cc1cc(C)c(OCCN2CCNC2=O)c(C)c1C=[N+](O)c1ccccc1. The lowest BCUT2D eigenvalue weighted by molar-refractivity contribution is -0.709. The van der Waals surface area contributed by atoms with E-state index < -0.39 is 0 Å². The molecule has 142 valence electrons. The molecule has 3 rings (SSSR count). The lowest BCUT2D eigenvalue weighted by atomic mass is 9.99. The highest BCUT2D eigenvalue weighted by Gasteiger charge is 2.20. The van der Waals surface area contributed by atoms with E-state index in [1.54, 1.807) is 11.1 Å². The van der Waals surface area contributed by atoms with Crippen molar-refractivity contribution in [3.05, 3.63) is 58.7 Å². The number of ether oxygens (including phenoxy) is 1. The zero-order chi connectivity index (χ0) is 19.4. The molecule has 0 saturated carbocycles. The fourth-order valence-electron chi connectivity index (χ4n) is 3.36. The maximum absolute atomic E-state index is 11.6. The van der Waals surface area contributed by atoms with Crippen molar-refractivity contribution >= 4 is 17.9 Å². The molecule has 1 aliphatic rings. The summed E-state index contributed by atoms with van der Waals surface area (Å²) in [7, 11) is 0. The molecule has 1 fully saturated rings. The molecule has 2 amide bonds. The average molecular weight is 368 g/mol. The first-order valence-corrected chi connectivity index (χ1v) is 9.12. The number of carbonyl (C=O) groups is 1. The Morgan fingerprint density at radius 2 is 1.96 bits per heavy atom. The van der Waals surface area contributed by atoms with Crippen LogP contribution >= 0.6 is 0 Å². The third kappa shape index (κ3) is 4.22. The fraction of sp³-hybridized carbons (Fsp3) is 0.333. The molecule has 27 heavy (non-hydrogen) atoms. The number of hydrogen-bond acceptors (Lipinski definition) is 3. The van der Waals surface area contributed by atoms with Crippen LogP contribution < -0.4 is 10.1 Å². The number of hydrogen-bond donors (Lipinski definition) is 2. The van der Waals surface area contributed by atoms with Gasteiger partial charge in [0.15, 0.2) is 0 Å². The molecular weight excluding hydrogens is 342 g/mol. The maximum atomic E-state index is 11.6. The molecule has 2 aromatic carbocycles. The Hall–Kier alpha value is -3.02. The summed E-state index contributed by atoms with van der Waals surface area (Å²) in [6.07, 6.45) is 1.71. The second-order valence-corrected chi connectivity index (χ2v) is 6.75. The van der Waals surface area contributed by atoms with Crippen molar-refractivity contribution in [1.82, 2.24) is 10.2 Å². The molecule has 6 heteroatoms. The van der Waals surface area contributed by atoms with Gasteiger partial charge in [0.2, 0.25) is 6.21 Å². The van der Waals surface area contributed by atoms with E-state index >= 15 is 0 Å². The van der Waals surface area contributed by atoms with Crippen molar-refractivity contribution in [3.63, 3.8) is 0 Å². The number of carbonyl (C=O) groups excluding carboxylic acids is 1. The number of rotatable bonds is 6. The highest BCUT2D eigenvalue weighted by Crippen LogP contribution is 2.28. The van der Waals surface area contributed by atoms with Gasteiger partial charge in [-0.25, -0.2) is 4.79 Å². The van der Waals surface area contributed by atoms with Gasteiger partial charge in [-0.1, -0.05) is 24.3 Å². The van der Waals surface area contributed by atoms with Crippen LogP contribution in [-0.4, -0.2) is 53.3 Å². The Kier molecular flexibility index (Phi) is 5.64. The zero-order valence-corrected chi connectivity index (χ0v) is 16.0. The highest BCUT2D eigenvalue weighted by atomic mass is 16.5. The van der Waals surface area contributed by atoms with E-state index in [0.29, 0.717) is 31.9 Å². The third-order valence-electron chi connectivity index (χ3n) is 4.79. The zero-order valence-electron chi connectivity index (χ0n) is 16.0. The maximum Gasteiger partial charge on any atom is 0.317 e. The standard InChI is InChI=1S/C21H25N3O3/c1-15-13-16(2)20(27-12-11-23-10-9-22-21(23)25)17(3)19(15)14-24(26)18-7-5-4-6-8-18/h4-8,13-14H,9-12H2,1-3H3,(H-,22,25,26)/p+1. The Morgan fingerprint density at radius 1 is 1.22 bits per heavy atom. The summed E-state index contributed by atoms with van der Waals surface area (Å²) in [5.74, 6) is 0.799. The Balaban J connectivity index is 1.81. The van der Waals surface area contributed by atoms with Gasteiger partial charge in [-0.3, -0.25) is 5.21 Å². The predicted molar refractivity (Wildman–Crippen MR) is 104 cm³/mol. The second kappa shape index (κ2) is 8.12. The molecule has 1 heterocycles. The van der Waals surface area contributed by atoms with Gasteiger partial charge in [0.25, 0.3) is 5.69 Å². The molecule has 0 unspecified atom stereocenters. The van der Waals surface area contributed by atoms with Gasteiger partial charge in [-0.2, -0.15) is 0 Å². The minimum atomic E-state index is -0.0382. The van der Waals surface area contributed by atoms with Crippen LogP contribution in [0.4, 0.5) is 10.5 Å². The molecule has 0 spiro atoms. The van der Waals surface area contributed by atoms with Crippen molar-refractivity contribution in [3.8, 4) is 5.75 Å². The van der Waals surface area contributed by atoms with Crippen LogP contribution in [0.15, 0.2) is 36.4 Å². The van der Waals surface area contributed by atoms with E-state index in [-0.39, 0.29) is 6.03 Å². The molecule has 1 aliphatic heterocycles. The van der Waals surface area contributed by atoms with Crippen LogP contribution in [0.25, 0.3) is 0 Å². The highest BCUT2D eigenvalue weighted by molar-refractivity contribution is 5.82. The molecule has 0 aromatic heterocycles. The van der Waals surface area contributed by atoms with E-state index in [4.69, 9.17) is 4.74 Å². The molecule has 6 nitrogen and oxygen atoms in total. The van der Waals surface area contributed by atoms with Gasteiger partial charge >= 0.3 is 6.03 Å². The summed E-state index contributed by atoms with van der Waals surface area (Å²) in [5.41, 5.74) is 4.68. The summed E-state index contributed by atoms with van der Waals surface area (Å²) >= 11 is 0. The number of benzene rings is 2. The lowest BCUT2D eigenvalue weighted by Gasteiger charge is -2.18. The van der Waals surface area contributed by atoms with Crippen LogP contribution in [0.1, 0.15) is 22.3 Å². The average Bonchev–Trinajstić information content (AvgIpc) is 3.07. The number of nitrogens with one attached hydrogen (secondary N) is 1. The van der Waals surface area contributed by atoms with E-state index in [9.17, 15) is 10.0 Å². The molecule has 0 atom stereocenters. The van der Waals surface area contributed by atoms with Gasteiger partial charge in [0.05, 0.1) is 12.1 Å². The van der Waals surface area contributed by atoms with E-state index in [1.165, 1.54) is 0 Å². The number of urea groups is 1. The molecule has 1 saturated heterocycles. The predicted octanol–water partition coefficient (Wildman–Crippen LogP) is 3.17. The monoisotopic (exact) mass is 368 g/mol. The first kappa shape index (κ1) is 18.8. The molecule has 0 radical (unpaired) electrons. The summed E-state index contributed by atoms with van der Waals surface area (Å²) in [4.78, 5) is 13.4. The second-order valence-electron chi connectivity index (χ2n) is 6.75. The van der Waals surface area contributed by atoms with Crippen LogP contribution in [-0.2, 0) is 0 Å². The number of nitrogens with zero attached hydrogens (tertiary/aromatic N) is 2. The van der Waals surface area contributed by atoms with E-state index in [1.807, 2.05) is 51.1 Å². The fourth-order valence-corrected chi connectivity index (χ4v) is 3.36. The topological polar surface area (TPSA) is 64.8 Å². The third-order valence-corrected chi connectivity index (χ3v) is 4.79. The van der Waals surface area contributed by atoms with Crippen LogP contribution in [0, 0.1) is 20.8 Å². The smallest absolute Gasteiger partial charge is 0.317 e. The summed E-state index contributed by atoms with van der Waals surface area (Å²) in [5, 5.41) is 13.2. The summed E-state index contributed by atoms with van der Waals surface area (Å²) in [6.45, 7) is 8.39. The van der Waals surface area contributed by atoms with Crippen molar-refractivity contribution in [2.24, 2.45) is 0 Å². The minimum Gasteiger partial charge on any atom is -0.491 e. The van der Waals surface area contributed by atoms with Gasteiger partial charge < -0.3 is 15.0 Å². The molecule has 2 aromatic rings. The van der Waals surface area contributed by atoms with Gasteiger partial charge in [-0.05, 0) is 31.9 Å². The minimum absolute atomic E-state index is 0.0382. The summed E-state index contributed by atoms with van der Waals surface area (Å²) < 4.78 is 7.15. The van der Waals surface area contributed by atoms with Crippen LogP contribution in [0.2, 0.25) is 0 Å². The Bertz CT molecular complexity index is 863. The van der Waals surface area contributed by atoms with Crippen molar-refractivity contribution in [1.29, 1.82) is 0 Å². The van der Waals surface area contributed by atoms with Crippen molar-refractivity contribution < 1.29 is 19.5 Å². The van der Waals surface area contributed by atoms with Gasteiger partial charge in [0, 0.05) is 35.5 Å². The van der Waals surface area contributed by atoms with Crippen LogP contribution in [0.3, 0.4) is 0 Å². The van der Waals surface area contributed by atoms with E-state index in [2.05, 4.69) is 11.4 Å². The van der Waals surface area contributed by atoms with Crippen LogP contribution in [0.5, 0.6) is 5.75 Å². The van der Waals surface area contributed by atoms with E-state index in [0.717, 1.165) is 32.7 Å². The summed E-state index contributed by atoms with van der Waals surface area (Å²) in [6, 6.07) is 11.4. The number of amides is 2. The molecule has 2 N–H and O–H groups in total. The molecular formula is C21H26N3O3+. The Morgan fingerprint density at radius 3 is 2.63 bits per heavy atom. The lowest BCUT2D eigenvalue weighted by Crippen LogP contribution is -2.32. The largest absolute Gasteiger partial charge is 0.491 e. The van der Waals surface area contributed by atoms with Crippen molar-refractivity contribution in [2.75, 3.05) is 26.2 Å². The molecule has 0 aliphatic carbocycles. The van der Waals surface area contributed by atoms with Gasteiger partial charge in [0.1, 0.15) is 12.4 Å². The first-order valence-electron chi connectivity index (χ1n) is 9.12. The number of para-hydroxylation sites is 1.